The quantitative estimate of drug-likeness (QED) is 0.391. The third-order valence-electron chi connectivity index (χ3n) is 7.22. The number of anilines is 2. The number of carboxylic acid groups (broad SMARTS) is 1. The number of pyridine rings is 1. The van der Waals surface area contributed by atoms with Crippen LogP contribution in [0.5, 0.6) is 11.6 Å². The molecule has 1 saturated heterocycles. The number of aryl methyl sites for hydroxylation is 1. The molecule has 0 saturated carbocycles. The minimum atomic E-state index is -4.60. The molecule has 1 aromatic carbocycles. The number of benzene rings is 1. The Kier molecular flexibility index (Phi) is 7.73. The third kappa shape index (κ3) is 5.63. The number of fused-ring (bicyclic) bond motifs is 1. The van der Waals surface area contributed by atoms with E-state index in [1.807, 2.05) is 36.9 Å². The summed E-state index contributed by atoms with van der Waals surface area (Å²) in [7, 11) is 2.93. The normalized spacial score (nSPS) is 19.1. The van der Waals surface area contributed by atoms with E-state index in [0.29, 0.717) is 42.0 Å². The second kappa shape index (κ2) is 11.1. The van der Waals surface area contributed by atoms with Crippen molar-refractivity contribution in [1.82, 2.24) is 9.88 Å². The van der Waals surface area contributed by atoms with Crippen LogP contribution in [-0.4, -0.2) is 66.8 Å². The number of carbonyl (C=O) groups is 1. The first-order chi connectivity index (χ1) is 19.5. The van der Waals surface area contributed by atoms with Gasteiger partial charge >= 0.3 is 12.1 Å². The van der Waals surface area contributed by atoms with E-state index >= 15 is 0 Å². The maximum atomic E-state index is 13.9. The Morgan fingerprint density at radius 3 is 2.59 bits per heavy atom. The smallest absolute Gasteiger partial charge is 0.416 e. The minimum absolute atomic E-state index is 0.0210. The van der Waals surface area contributed by atoms with Gasteiger partial charge in [-0.1, -0.05) is 0 Å². The molecule has 2 aliphatic rings. The number of hydrogen-bond donors (Lipinski definition) is 1. The Hall–Kier alpha value is -4.00. The van der Waals surface area contributed by atoms with Crippen LogP contribution < -0.4 is 19.3 Å². The number of hydrogen-bond acceptors (Lipinski definition) is 9. The van der Waals surface area contributed by atoms with E-state index < -0.39 is 23.8 Å². The van der Waals surface area contributed by atoms with E-state index in [4.69, 9.17) is 14.5 Å². The van der Waals surface area contributed by atoms with Crippen molar-refractivity contribution in [2.45, 2.75) is 38.5 Å². The van der Waals surface area contributed by atoms with Gasteiger partial charge in [0.1, 0.15) is 5.75 Å². The van der Waals surface area contributed by atoms with Gasteiger partial charge < -0.3 is 24.4 Å². The van der Waals surface area contributed by atoms with Crippen molar-refractivity contribution in [3.8, 4) is 11.6 Å². The number of thiophene rings is 1. The molecule has 0 bridgehead atoms. The van der Waals surface area contributed by atoms with Gasteiger partial charge in [-0.3, -0.25) is 9.69 Å². The molecule has 5 rings (SSSR count). The van der Waals surface area contributed by atoms with Crippen LogP contribution in [0.1, 0.15) is 34.7 Å². The number of rotatable bonds is 6. The summed E-state index contributed by atoms with van der Waals surface area (Å²) in [6, 6.07) is 8.07. The van der Waals surface area contributed by atoms with Crippen LogP contribution in [0.25, 0.3) is 0 Å². The molecule has 0 amide bonds. The SMILES string of the molecule is COc1cc(N2CCN(C3=Nc4cc(C)sc4C(CC(=O)O)N3c3cc(C(F)(F)F)ccc3OC)CC2C)ccn1. The number of piperazine rings is 1. The van der Waals surface area contributed by atoms with E-state index in [0.717, 1.165) is 22.7 Å². The van der Waals surface area contributed by atoms with Crippen molar-refractivity contribution in [2.75, 3.05) is 43.7 Å². The summed E-state index contributed by atoms with van der Waals surface area (Å²) < 4.78 is 52.4. The maximum Gasteiger partial charge on any atom is 0.416 e. The number of methoxy groups -OCH3 is 2. The molecule has 2 aliphatic heterocycles. The van der Waals surface area contributed by atoms with Crippen molar-refractivity contribution in [3.05, 3.63) is 57.9 Å². The Morgan fingerprint density at radius 2 is 1.93 bits per heavy atom. The third-order valence-corrected chi connectivity index (χ3v) is 8.36. The zero-order valence-corrected chi connectivity index (χ0v) is 23.8. The molecule has 0 radical (unpaired) electrons. The van der Waals surface area contributed by atoms with E-state index in [1.165, 1.54) is 24.5 Å². The average molecular weight is 590 g/mol. The molecule has 0 spiro atoms. The molecule has 9 nitrogen and oxygen atoms in total. The Morgan fingerprint density at radius 1 is 1.15 bits per heavy atom. The fourth-order valence-corrected chi connectivity index (χ4v) is 6.43. The van der Waals surface area contributed by atoms with E-state index in [-0.39, 0.29) is 23.9 Å². The monoisotopic (exact) mass is 589 g/mol. The van der Waals surface area contributed by atoms with Crippen molar-refractivity contribution in [1.29, 1.82) is 0 Å². The largest absolute Gasteiger partial charge is 0.495 e. The van der Waals surface area contributed by atoms with Crippen LogP contribution in [0, 0.1) is 6.92 Å². The molecule has 0 aliphatic carbocycles. The molecule has 2 aromatic heterocycles. The fraction of sp³-hybridized carbons (Fsp3) is 0.393. The highest BCUT2D eigenvalue weighted by molar-refractivity contribution is 7.12. The maximum absolute atomic E-state index is 13.9. The zero-order chi connectivity index (χ0) is 29.5. The van der Waals surface area contributed by atoms with Crippen molar-refractivity contribution < 1.29 is 32.5 Å². The van der Waals surface area contributed by atoms with Crippen LogP contribution in [0.2, 0.25) is 0 Å². The van der Waals surface area contributed by atoms with E-state index in [2.05, 4.69) is 9.88 Å². The predicted octanol–water partition coefficient (Wildman–Crippen LogP) is 5.72. The van der Waals surface area contributed by atoms with Gasteiger partial charge in [0.15, 0.2) is 0 Å². The van der Waals surface area contributed by atoms with Gasteiger partial charge in [-0.2, -0.15) is 13.2 Å². The van der Waals surface area contributed by atoms with Crippen molar-refractivity contribution in [2.24, 2.45) is 4.99 Å². The Labute approximate surface area is 239 Å². The first-order valence-corrected chi connectivity index (χ1v) is 13.8. The van der Waals surface area contributed by atoms with Crippen LogP contribution >= 0.6 is 11.3 Å². The molecule has 218 valence electrons. The lowest BCUT2D eigenvalue weighted by atomic mass is 10.0. The number of aromatic nitrogens is 1. The summed E-state index contributed by atoms with van der Waals surface area (Å²) in [5, 5.41) is 9.91. The molecule has 3 aromatic rings. The number of alkyl halides is 3. The van der Waals surface area contributed by atoms with E-state index in [1.54, 1.807) is 18.2 Å². The highest BCUT2D eigenvalue weighted by Gasteiger charge is 2.41. The van der Waals surface area contributed by atoms with Crippen LogP contribution in [0.15, 0.2) is 47.6 Å². The summed E-state index contributed by atoms with van der Waals surface area (Å²) in [6.45, 7) is 5.50. The first-order valence-electron chi connectivity index (χ1n) is 13.0. The lowest BCUT2D eigenvalue weighted by Crippen LogP contribution is -2.58. The topological polar surface area (TPSA) is 90.7 Å². The van der Waals surface area contributed by atoms with Crippen LogP contribution in [0.3, 0.4) is 0 Å². The van der Waals surface area contributed by atoms with Gasteiger partial charge in [-0.15, -0.1) is 11.3 Å². The second-order valence-electron chi connectivity index (χ2n) is 9.93. The summed E-state index contributed by atoms with van der Waals surface area (Å²) in [5.74, 6) is -0.00569. The predicted molar refractivity (Wildman–Crippen MR) is 151 cm³/mol. The molecule has 2 unspecified atom stereocenters. The molecular weight excluding hydrogens is 559 g/mol. The van der Waals surface area contributed by atoms with Gasteiger partial charge in [0.05, 0.1) is 48.5 Å². The summed E-state index contributed by atoms with van der Waals surface area (Å²) in [4.78, 5) is 28.7. The second-order valence-corrected chi connectivity index (χ2v) is 11.2. The standard InChI is InChI=1S/C28H30F3N5O4S/c1-16-15-34(9-10-35(16)19-7-8-32-24(13-19)40-4)27-33-20-11-17(2)41-26(20)22(14-25(37)38)36(27)21-12-18(28(29,30)31)5-6-23(21)39-3/h5-8,11-13,16,22H,9-10,14-15H2,1-4H3,(H,37,38). The highest BCUT2D eigenvalue weighted by atomic mass is 32.1. The molecule has 41 heavy (non-hydrogen) atoms. The van der Waals surface area contributed by atoms with Gasteiger partial charge in [-0.25, -0.2) is 9.98 Å². The van der Waals surface area contributed by atoms with Crippen molar-refractivity contribution in [3.63, 3.8) is 0 Å². The van der Waals surface area contributed by atoms with Crippen LogP contribution in [-0.2, 0) is 11.0 Å². The summed E-state index contributed by atoms with van der Waals surface area (Å²) >= 11 is 1.39. The number of carboxylic acids is 1. The van der Waals surface area contributed by atoms with Gasteiger partial charge in [0.25, 0.3) is 0 Å². The van der Waals surface area contributed by atoms with E-state index in [9.17, 15) is 23.1 Å². The van der Waals surface area contributed by atoms with Crippen molar-refractivity contribution >= 4 is 40.3 Å². The first kappa shape index (κ1) is 28.5. The average Bonchev–Trinajstić information content (AvgIpc) is 3.32. The van der Waals surface area contributed by atoms with Gasteiger partial charge in [0.2, 0.25) is 11.8 Å². The number of halogens is 3. The lowest BCUT2D eigenvalue weighted by molar-refractivity contribution is -0.138. The number of aliphatic carboxylic acids is 1. The Bertz CT molecular complexity index is 1480. The van der Waals surface area contributed by atoms with Crippen LogP contribution in [0.4, 0.5) is 30.2 Å². The number of nitrogens with zero attached hydrogens (tertiary/aromatic N) is 5. The summed E-state index contributed by atoms with van der Waals surface area (Å²) in [6.07, 6.45) is -3.26. The molecular formula is C28H30F3N5O4S. The minimum Gasteiger partial charge on any atom is -0.495 e. The number of guanidine groups is 1. The zero-order valence-electron chi connectivity index (χ0n) is 23.0. The molecule has 1 N–H and O–H groups in total. The summed E-state index contributed by atoms with van der Waals surface area (Å²) in [5.41, 5.74) is 0.813. The molecule has 13 heteroatoms. The highest BCUT2D eigenvalue weighted by Crippen LogP contribution is 2.48. The molecule has 4 heterocycles. The number of aliphatic imine (C=N–C) groups is 1. The van der Waals surface area contributed by atoms with Gasteiger partial charge in [0, 0.05) is 48.5 Å². The number of ether oxygens (including phenoxy) is 2. The molecule has 1 fully saturated rings. The Balaban J connectivity index is 1.60. The van der Waals surface area contributed by atoms with Gasteiger partial charge in [-0.05, 0) is 44.2 Å². The fourth-order valence-electron chi connectivity index (χ4n) is 5.38. The molecule has 2 atom stereocenters. The lowest BCUT2D eigenvalue weighted by Gasteiger charge is -2.47.